The van der Waals surface area contributed by atoms with Crippen molar-refractivity contribution >= 4 is 22.6 Å². The Morgan fingerprint density at radius 3 is 2.34 bits per heavy atom. The number of hydrogen-bond acceptors (Lipinski definition) is 3. The fourth-order valence-electron chi connectivity index (χ4n) is 8.12. The number of Topliss-reactive ketones (excluding diaryl/α,β-unsaturated/α-hetero) is 1. The standard InChI is InChI=1S/C39H43N3O2/c1-26(32-13-7-11-29-10-5-6-12-33(29)32)40-39(44)41-31-17-14-27(15-18-31)22-23-42-36-20-21-37(42)35-25-30(16-19-34(35)36)38(43)24-28-8-3-2-4-9-28/h2-13,16,19,25-27,31,36-37H,14-15,17-18,20-24H2,1H3,(H2,40,41,44)/t26-,27-,31-,36-,37+/m0/s1. The van der Waals surface area contributed by atoms with Crippen LogP contribution in [0.3, 0.4) is 0 Å². The second-order valence-corrected chi connectivity index (χ2v) is 13.2. The zero-order valence-electron chi connectivity index (χ0n) is 25.7. The molecule has 4 aromatic rings. The maximum atomic E-state index is 13.0. The minimum atomic E-state index is -0.0677. The summed E-state index contributed by atoms with van der Waals surface area (Å²) in [6, 6.07) is 32.2. The Kier molecular flexibility index (Phi) is 8.22. The molecule has 3 atom stereocenters. The van der Waals surface area contributed by atoms with Gasteiger partial charge in [0.05, 0.1) is 6.04 Å². The summed E-state index contributed by atoms with van der Waals surface area (Å²) in [7, 11) is 0. The highest BCUT2D eigenvalue weighted by molar-refractivity contribution is 5.97. The summed E-state index contributed by atoms with van der Waals surface area (Å²) in [5.41, 5.74) is 5.89. The molecule has 4 aromatic carbocycles. The third-order valence-corrected chi connectivity index (χ3v) is 10.5. The maximum Gasteiger partial charge on any atom is 0.315 e. The molecule has 2 N–H and O–H groups in total. The van der Waals surface area contributed by atoms with E-state index in [0.29, 0.717) is 24.4 Å². The number of amides is 2. The second-order valence-electron chi connectivity index (χ2n) is 13.2. The quantitative estimate of drug-likeness (QED) is 0.194. The lowest BCUT2D eigenvalue weighted by atomic mass is 9.84. The van der Waals surface area contributed by atoms with Crippen LogP contribution >= 0.6 is 0 Å². The topological polar surface area (TPSA) is 61.4 Å². The first-order valence-electron chi connectivity index (χ1n) is 16.5. The van der Waals surface area contributed by atoms with Gasteiger partial charge in [0, 0.05) is 30.1 Å². The zero-order valence-corrected chi connectivity index (χ0v) is 25.7. The highest BCUT2D eigenvalue weighted by Gasteiger charge is 2.43. The average Bonchev–Trinajstić information content (AvgIpc) is 3.60. The predicted molar refractivity (Wildman–Crippen MR) is 177 cm³/mol. The molecule has 2 heterocycles. The molecule has 1 aliphatic carbocycles. The fraction of sp³-hybridized carbons (Fsp3) is 0.385. The van der Waals surface area contributed by atoms with Gasteiger partial charge in [0.25, 0.3) is 0 Å². The molecule has 2 fully saturated rings. The number of hydrogen-bond donors (Lipinski definition) is 2. The third kappa shape index (κ3) is 5.90. The average molecular weight is 586 g/mol. The number of ketones is 1. The van der Waals surface area contributed by atoms with Crippen LogP contribution < -0.4 is 10.6 Å². The maximum absolute atomic E-state index is 13.0. The van der Waals surface area contributed by atoms with Crippen LogP contribution in [0.25, 0.3) is 10.8 Å². The Morgan fingerprint density at radius 1 is 0.795 bits per heavy atom. The first-order chi connectivity index (χ1) is 21.5. The molecule has 0 aromatic heterocycles. The van der Waals surface area contributed by atoms with E-state index in [2.05, 4.69) is 83.1 Å². The van der Waals surface area contributed by atoms with Crippen molar-refractivity contribution in [3.8, 4) is 0 Å². The number of benzene rings is 4. The molecular weight excluding hydrogens is 542 g/mol. The number of fused-ring (bicyclic) bond motifs is 6. The summed E-state index contributed by atoms with van der Waals surface area (Å²) < 4.78 is 0. The molecule has 0 radical (unpaired) electrons. The molecule has 5 nitrogen and oxygen atoms in total. The van der Waals surface area contributed by atoms with E-state index < -0.39 is 0 Å². The van der Waals surface area contributed by atoms with Gasteiger partial charge in [0.15, 0.2) is 5.78 Å². The van der Waals surface area contributed by atoms with Crippen molar-refractivity contribution in [2.75, 3.05) is 6.54 Å². The van der Waals surface area contributed by atoms with Gasteiger partial charge >= 0.3 is 6.03 Å². The fourth-order valence-corrected chi connectivity index (χ4v) is 8.12. The Labute approximate surface area is 261 Å². The van der Waals surface area contributed by atoms with E-state index in [9.17, 15) is 9.59 Å². The SMILES string of the molecule is C[C@H](NC(=O)N[C@H]1CC[C@H](CCN2[C@@H]3CC[C@H]2c2ccc(C(=O)Cc4ccccc4)cc23)CC1)c1cccc2ccccc12. The number of urea groups is 1. The third-order valence-electron chi connectivity index (χ3n) is 10.5. The molecule has 0 unspecified atom stereocenters. The van der Waals surface area contributed by atoms with Crippen molar-refractivity contribution in [1.29, 1.82) is 0 Å². The normalized spacial score (nSPS) is 23.3. The largest absolute Gasteiger partial charge is 0.335 e. The Morgan fingerprint density at radius 2 is 1.52 bits per heavy atom. The highest BCUT2D eigenvalue weighted by atomic mass is 16.2. The smallest absolute Gasteiger partial charge is 0.315 e. The van der Waals surface area contributed by atoms with Gasteiger partial charge in [-0.05, 0) is 103 Å². The van der Waals surface area contributed by atoms with Crippen molar-refractivity contribution in [1.82, 2.24) is 15.5 Å². The number of rotatable bonds is 9. The van der Waals surface area contributed by atoms with Crippen LogP contribution in [-0.2, 0) is 6.42 Å². The molecule has 7 rings (SSSR count). The summed E-state index contributed by atoms with van der Waals surface area (Å²) in [6.07, 6.45) is 8.49. The van der Waals surface area contributed by atoms with E-state index in [0.717, 1.165) is 48.9 Å². The van der Waals surface area contributed by atoms with Gasteiger partial charge in [-0.3, -0.25) is 9.69 Å². The number of carbonyl (C=O) groups excluding carboxylic acids is 2. The molecule has 1 saturated heterocycles. The van der Waals surface area contributed by atoms with Crippen LogP contribution in [0.2, 0.25) is 0 Å². The molecule has 226 valence electrons. The molecule has 1 saturated carbocycles. The Bertz CT molecular complexity index is 1640. The van der Waals surface area contributed by atoms with Crippen LogP contribution in [0.1, 0.15) is 103 Å². The summed E-state index contributed by atoms with van der Waals surface area (Å²) in [6.45, 7) is 3.18. The molecule has 3 aliphatic rings. The van der Waals surface area contributed by atoms with Crippen molar-refractivity contribution < 1.29 is 9.59 Å². The summed E-state index contributed by atoms with van der Waals surface area (Å²) in [5.74, 6) is 0.909. The van der Waals surface area contributed by atoms with Gasteiger partial charge < -0.3 is 10.6 Å². The second kappa shape index (κ2) is 12.6. The lowest BCUT2D eigenvalue weighted by Gasteiger charge is -2.31. The van der Waals surface area contributed by atoms with E-state index in [1.165, 1.54) is 41.2 Å². The van der Waals surface area contributed by atoms with Crippen LogP contribution in [0.15, 0.2) is 91.0 Å². The molecule has 2 amide bonds. The van der Waals surface area contributed by atoms with Crippen LogP contribution in [0, 0.1) is 5.92 Å². The van der Waals surface area contributed by atoms with Crippen molar-refractivity contribution in [2.45, 2.75) is 82.5 Å². The molecule has 2 aliphatic heterocycles. The van der Waals surface area contributed by atoms with E-state index in [4.69, 9.17) is 0 Å². The van der Waals surface area contributed by atoms with E-state index in [-0.39, 0.29) is 23.9 Å². The van der Waals surface area contributed by atoms with Gasteiger partial charge in [0.1, 0.15) is 0 Å². The van der Waals surface area contributed by atoms with Gasteiger partial charge in [-0.1, -0.05) is 84.9 Å². The van der Waals surface area contributed by atoms with Gasteiger partial charge in [0.2, 0.25) is 0 Å². The minimum absolute atomic E-state index is 0.0598. The van der Waals surface area contributed by atoms with Crippen molar-refractivity contribution in [3.63, 3.8) is 0 Å². The molecule has 0 spiro atoms. The van der Waals surface area contributed by atoms with E-state index >= 15 is 0 Å². The molecular formula is C39H43N3O2. The minimum Gasteiger partial charge on any atom is -0.335 e. The first kappa shape index (κ1) is 28.8. The van der Waals surface area contributed by atoms with Gasteiger partial charge in [-0.15, -0.1) is 0 Å². The van der Waals surface area contributed by atoms with Crippen molar-refractivity contribution in [3.05, 3.63) is 119 Å². The van der Waals surface area contributed by atoms with E-state index in [1.807, 2.05) is 30.3 Å². The van der Waals surface area contributed by atoms with Crippen LogP contribution in [0.4, 0.5) is 4.79 Å². The van der Waals surface area contributed by atoms with Crippen LogP contribution in [-0.4, -0.2) is 29.3 Å². The van der Waals surface area contributed by atoms with Crippen LogP contribution in [0.5, 0.6) is 0 Å². The lowest BCUT2D eigenvalue weighted by Crippen LogP contribution is -2.44. The number of nitrogens with one attached hydrogen (secondary N) is 2. The number of carbonyl (C=O) groups is 2. The summed E-state index contributed by atoms with van der Waals surface area (Å²) >= 11 is 0. The first-order valence-corrected chi connectivity index (χ1v) is 16.5. The summed E-state index contributed by atoms with van der Waals surface area (Å²) in [4.78, 5) is 28.7. The van der Waals surface area contributed by atoms with Gasteiger partial charge in [-0.25, -0.2) is 4.79 Å². The summed E-state index contributed by atoms with van der Waals surface area (Å²) in [5, 5.41) is 8.83. The van der Waals surface area contributed by atoms with E-state index in [1.54, 1.807) is 0 Å². The lowest BCUT2D eigenvalue weighted by molar-refractivity contribution is 0.0992. The van der Waals surface area contributed by atoms with Gasteiger partial charge in [-0.2, -0.15) is 0 Å². The monoisotopic (exact) mass is 585 g/mol. The predicted octanol–water partition coefficient (Wildman–Crippen LogP) is 8.47. The highest BCUT2D eigenvalue weighted by Crippen LogP contribution is 2.53. The number of nitrogens with zero attached hydrogens (tertiary/aromatic N) is 1. The molecule has 5 heteroatoms. The zero-order chi connectivity index (χ0) is 30.0. The Balaban J connectivity index is 0.884. The molecule has 2 bridgehead atoms. The molecule has 44 heavy (non-hydrogen) atoms. The Hall–Kier alpha value is -3.96. The van der Waals surface area contributed by atoms with Crippen molar-refractivity contribution in [2.24, 2.45) is 5.92 Å².